The molecule has 122 valence electrons. The van der Waals surface area contributed by atoms with Gasteiger partial charge in [0.2, 0.25) is 19.7 Å². The number of aliphatic hydroxyl groups excluding tert-OH is 1. The fraction of sp³-hybridized carbons (Fsp3) is 1.00. The Kier molecular flexibility index (Phi) is 9.38. The second kappa shape index (κ2) is 8.60. The molecule has 0 aromatic rings. The van der Waals surface area contributed by atoms with Crippen LogP contribution in [-0.4, -0.2) is 38.0 Å². The molecule has 12 heteroatoms. The van der Waals surface area contributed by atoms with E-state index in [-0.39, 0.29) is 13.2 Å². The summed E-state index contributed by atoms with van der Waals surface area (Å²) < 4.78 is 22.9. The Morgan fingerprint density at radius 3 is 1.65 bits per heavy atom. The van der Waals surface area contributed by atoms with Gasteiger partial charge in [-0.3, -0.25) is 4.57 Å². The molecular weight excluding hydrogens is 420 g/mol. The summed E-state index contributed by atoms with van der Waals surface area (Å²) in [6, 6.07) is 0. The fourth-order valence-corrected chi connectivity index (χ4v) is 4.14. The zero-order valence-electron chi connectivity index (χ0n) is 10.4. The summed E-state index contributed by atoms with van der Waals surface area (Å²) >= 11 is 33.4. The highest BCUT2D eigenvalue weighted by Gasteiger charge is 2.52. The van der Waals surface area contributed by atoms with Gasteiger partial charge in [0.15, 0.2) is 0 Å². The number of alkyl halides is 6. The van der Waals surface area contributed by atoms with Gasteiger partial charge in [-0.1, -0.05) is 69.6 Å². The van der Waals surface area contributed by atoms with E-state index in [1.165, 1.54) is 0 Å². The van der Waals surface area contributed by atoms with E-state index in [0.29, 0.717) is 0 Å². The first-order valence-electron chi connectivity index (χ1n) is 5.24. The summed E-state index contributed by atoms with van der Waals surface area (Å²) in [6.45, 7) is 3.07. The minimum absolute atomic E-state index is 0.0122. The lowest BCUT2D eigenvalue weighted by Gasteiger charge is -2.33. The van der Waals surface area contributed by atoms with Crippen LogP contribution < -0.4 is 0 Å². The molecular formula is C8H13Cl6O5P. The fourth-order valence-electron chi connectivity index (χ4n) is 1.06. The van der Waals surface area contributed by atoms with Gasteiger partial charge < -0.3 is 18.9 Å². The van der Waals surface area contributed by atoms with Crippen molar-refractivity contribution in [1.29, 1.82) is 0 Å². The van der Waals surface area contributed by atoms with E-state index in [1.807, 2.05) is 0 Å². The van der Waals surface area contributed by atoms with Crippen LogP contribution in [0.2, 0.25) is 0 Å². The number of rotatable bonds is 7. The summed E-state index contributed by atoms with van der Waals surface area (Å²) in [5, 5.41) is 9.59. The van der Waals surface area contributed by atoms with Gasteiger partial charge in [-0.15, -0.1) is 0 Å². The number of hydrogen-bond acceptors (Lipinski definition) is 5. The van der Waals surface area contributed by atoms with Crippen LogP contribution in [0.5, 0.6) is 0 Å². The van der Waals surface area contributed by atoms with Crippen LogP contribution in [0, 0.1) is 0 Å². The maximum Gasteiger partial charge on any atom is 0.363 e. The molecule has 0 fully saturated rings. The first-order chi connectivity index (χ1) is 8.88. The van der Waals surface area contributed by atoms with Gasteiger partial charge in [0.1, 0.15) is 0 Å². The SMILES string of the molecule is CCOP(=O)(OCC)C(OC(O)C(Cl)(Cl)Cl)C(Cl)(Cl)Cl. The van der Waals surface area contributed by atoms with E-state index in [0.717, 1.165) is 0 Å². The minimum atomic E-state index is -4.03. The molecule has 0 bridgehead atoms. The van der Waals surface area contributed by atoms with Gasteiger partial charge in [-0.05, 0) is 13.8 Å². The first kappa shape index (κ1) is 21.8. The zero-order chi connectivity index (χ0) is 16.2. The van der Waals surface area contributed by atoms with Crippen molar-refractivity contribution in [3.05, 3.63) is 0 Å². The lowest BCUT2D eigenvalue weighted by Crippen LogP contribution is -2.39. The van der Waals surface area contributed by atoms with Gasteiger partial charge in [-0.25, -0.2) is 0 Å². The predicted molar refractivity (Wildman–Crippen MR) is 82.3 cm³/mol. The Morgan fingerprint density at radius 1 is 1.00 bits per heavy atom. The van der Waals surface area contributed by atoms with Crippen LogP contribution >= 0.6 is 77.2 Å². The van der Waals surface area contributed by atoms with Gasteiger partial charge in [0.05, 0.1) is 13.2 Å². The molecule has 0 aliphatic heterocycles. The van der Waals surface area contributed by atoms with Gasteiger partial charge in [-0.2, -0.15) is 0 Å². The van der Waals surface area contributed by atoms with Gasteiger partial charge in [0, 0.05) is 0 Å². The Morgan fingerprint density at radius 2 is 1.40 bits per heavy atom. The van der Waals surface area contributed by atoms with Crippen molar-refractivity contribution in [2.45, 2.75) is 33.6 Å². The smallest absolute Gasteiger partial charge is 0.363 e. The Hall–Kier alpha value is 1.81. The van der Waals surface area contributed by atoms with Crippen molar-refractivity contribution in [3.63, 3.8) is 0 Å². The third-order valence-electron chi connectivity index (χ3n) is 1.72. The Bertz CT molecular complexity index is 333. The van der Waals surface area contributed by atoms with Crippen LogP contribution in [-0.2, 0) is 18.3 Å². The molecule has 1 N–H and O–H groups in total. The number of ether oxygens (including phenoxy) is 1. The first-order valence-corrected chi connectivity index (χ1v) is 9.12. The molecule has 0 aliphatic rings. The molecule has 0 saturated carbocycles. The van der Waals surface area contributed by atoms with Crippen LogP contribution in [0.1, 0.15) is 13.8 Å². The molecule has 0 heterocycles. The summed E-state index contributed by atoms with van der Waals surface area (Å²) in [4.78, 5) is 0. The highest BCUT2D eigenvalue weighted by Crippen LogP contribution is 2.61. The lowest BCUT2D eigenvalue weighted by atomic mass is 10.7. The van der Waals surface area contributed by atoms with E-state index in [9.17, 15) is 9.67 Å². The largest absolute Gasteiger partial charge is 0.365 e. The molecule has 5 nitrogen and oxygen atoms in total. The predicted octanol–water partition coefficient (Wildman–Crippen LogP) is 4.65. The lowest BCUT2D eigenvalue weighted by molar-refractivity contribution is -0.114. The highest BCUT2D eigenvalue weighted by molar-refractivity contribution is 7.55. The minimum Gasteiger partial charge on any atom is -0.365 e. The van der Waals surface area contributed by atoms with Gasteiger partial charge in [0.25, 0.3) is 0 Å². The average Bonchev–Trinajstić information content (AvgIpc) is 2.22. The molecule has 0 radical (unpaired) electrons. The van der Waals surface area contributed by atoms with E-state index in [2.05, 4.69) is 0 Å². The molecule has 0 spiro atoms. The second-order valence-corrected chi connectivity index (χ2v) is 10.1. The molecule has 0 saturated heterocycles. The van der Waals surface area contributed by atoms with Crippen LogP contribution in [0.25, 0.3) is 0 Å². The average molecular weight is 433 g/mol. The summed E-state index contributed by atoms with van der Waals surface area (Å²) in [6.07, 6.45) is -2.01. The third-order valence-corrected chi connectivity index (χ3v) is 5.65. The highest BCUT2D eigenvalue weighted by atomic mass is 35.6. The quantitative estimate of drug-likeness (QED) is 0.360. The number of aliphatic hydroxyl groups is 1. The van der Waals surface area contributed by atoms with Gasteiger partial charge >= 0.3 is 7.60 Å². The molecule has 0 aromatic heterocycles. The van der Waals surface area contributed by atoms with E-state index in [1.54, 1.807) is 13.8 Å². The van der Waals surface area contributed by atoms with Crippen LogP contribution in [0.3, 0.4) is 0 Å². The standard InChI is InChI=1S/C8H13Cl6O5P/c1-3-17-20(16,18-4-2)6(8(12,13)14)19-5(15)7(9,10)11/h5-6,15H,3-4H2,1-2H3. The Labute approximate surface area is 147 Å². The molecule has 20 heavy (non-hydrogen) atoms. The van der Waals surface area contributed by atoms with E-state index in [4.69, 9.17) is 83.4 Å². The van der Waals surface area contributed by atoms with E-state index < -0.39 is 27.3 Å². The van der Waals surface area contributed by atoms with E-state index >= 15 is 0 Å². The van der Waals surface area contributed by atoms with Crippen molar-refractivity contribution in [2.24, 2.45) is 0 Å². The van der Waals surface area contributed by atoms with Crippen molar-refractivity contribution in [1.82, 2.24) is 0 Å². The van der Waals surface area contributed by atoms with Crippen LogP contribution in [0.4, 0.5) is 0 Å². The molecule has 0 rings (SSSR count). The van der Waals surface area contributed by atoms with Crippen molar-refractivity contribution >= 4 is 77.2 Å². The molecule has 2 atom stereocenters. The molecule has 0 aliphatic carbocycles. The number of hydrogen-bond donors (Lipinski definition) is 1. The third kappa shape index (κ3) is 6.93. The van der Waals surface area contributed by atoms with Crippen molar-refractivity contribution in [3.8, 4) is 0 Å². The monoisotopic (exact) mass is 430 g/mol. The molecule has 2 unspecified atom stereocenters. The van der Waals surface area contributed by atoms with Crippen molar-refractivity contribution < 1.29 is 23.5 Å². The summed E-state index contributed by atoms with van der Waals surface area (Å²) in [5.41, 5.74) is 0. The second-order valence-electron chi connectivity index (χ2n) is 3.30. The van der Waals surface area contributed by atoms with Crippen molar-refractivity contribution in [2.75, 3.05) is 13.2 Å². The maximum absolute atomic E-state index is 12.6. The number of halogens is 6. The molecule has 0 aromatic carbocycles. The normalized spacial score (nSPS) is 17.1. The maximum atomic E-state index is 12.6. The zero-order valence-corrected chi connectivity index (χ0v) is 15.8. The Balaban J connectivity index is 5.39. The topological polar surface area (TPSA) is 65.0 Å². The molecule has 0 amide bonds. The summed E-state index contributed by atoms with van der Waals surface area (Å²) in [7, 11) is -4.03. The summed E-state index contributed by atoms with van der Waals surface area (Å²) in [5.74, 6) is -1.79. The van der Waals surface area contributed by atoms with Crippen LogP contribution in [0.15, 0.2) is 0 Å².